The van der Waals surface area contributed by atoms with Gasteiger partial charge in [-0.1, -0.05) is 6.92 Å². The van der Waals surface area contributed by atoms with Crippen molar-refractivity contribution < 1.29 is 29.0 Å². The van der Waals surface area contributed by atoms with Crippen molar-refractivity contribution in [2.75, 3.05) is 0 Å². The maximum atomic E-state index is 13.2. The highest BCUT2D eigenvalue weighted by Gasteiger charge is 2.60. The lowest BCUT2D eigenvalue weighted by Gasteiger charge is -2.46. The summed E-state index contributed by atoms with van der Waals surface area (Å²) in [5.74, 6) is -1.56. The maximum absolute atomic E-state index is 13.2. The Hall–Kier alpha value is -3.25. The molecule has 1 fully saturated rings. The molecule has 12 heteroatoms. The van der Waals surface area contributed by atoms with Crippen molar-refractivity contribution in [1.29, 1.82) is 0 Å². The predicted octanol–water partition coefficient (Wildman–Crippen LogP) is 0.869. The van der Waals surface area contributed by atoms with E-state index in [0.717, 1.165) is 4.91 Å². The fourth-order valence-corrected chi connectivity index (χ4v) is 6.27. The lowest BCUT2D eigenvalue weighted by atomic mass is 9.79. The zero-order valence-electron chi connectivity index (χ0n) is 17.9. The van der Waals surface area contributed by atoms with Crippen molar-refractivity contribution in [2.45, 2.75) is 44.3 Å². The van der Waals surface area contributed by atoms with Gasteiger partial charge >= 0.3 is 12.3 Å². The number of nitrogens with zero attached hydrogens (tertiary/aromatic N) is 5. The van der Waals surface area contributed by atoms with Gasteiger partial charge in [-0.15, -0.1) is 11.8 Å². The summed E-state index contributed by atoms with van der Waals surface area (Å²) in [6.45, 7) is 4.96. The number of fused-ring (bicyclic) bond motifs is 2. The summed E-state index contributed by atoms with van der Waals surface area (Å²) < 4.78 is 9.49. The van der Waals surface area contributed by atoms with Crippen LogP contribution in [0.3, 0.4) is 0 Å². The van der Waals surface area contributed by atoms with E-state index in [4.69, 9.17) is 4.74 Å². The summed E-state index contributed by atoms with van der Waals surface area (Å²) in [6.07, 6.45) is 2.67. The molecule has 11 nitrogen and oxygen atoms in total. The minimum atomic E-state index is -0.827. The quantitative estimate of drug-likeness (QED) is 0.164. The minimum absolute atomic E-state index is 0.116. The van der Waals surface area contributed by atoms with Crippen LogP contribution in [-0.4, -0.2) is 53.9 Å². The molecule has 1 N–H and O–H groups in total. The molecule has 3 aliphatic rings. The number of nitro groups is 1. The van der Waals surface area contributed by atoms with Gasteiger partial charge in [-0.25, -0.2) is 4.79 Å². The van der Waals surface area contributed by atoms with Crippen LogP contribution in [0.2, 0.25) is 0 Å². The summed E-state index contributed by atoms with van der Waals surface area (Å²) in [5, 5.41) is 21.2. The molecule has 0 saturated carbocycles. The molecule has 1 aromatic heterocycles. The van der Waals surface area contributed by atoms with Crippen LogP contribution < -0.4 is 9.42 Å². The molecule has 5 rings (SSSR count). The highest BCUT2D eigenvalue weighted by Crippen LogP contribution is 2.51. The van der Waals surface area contributed by atoms with E-state index in [9.17, 15) is 24.8 Å². The van der Waals surface area contributed by atoms with E-state index in [1.54, 1.807) is 31.3 Å². The fraction of sp³-hybridized carbons (Fsp3) is 0.429. The number of β-lactam (4-membered cyclic amide) rings is 1. The number of carbonyl (C=O) groups is 2. The van der Waals surface area contributed by atoms with E-state index >= 15 is 0 Å². The average Bonchev–Trinajstić information content (AvgIpc) is 3.41. The summed E-state index contributed by atoms with van der Waals surface area (Å²) in [7, 11) is 0. The van der Waals surface area contributed by atoms with E-state index in [2.05, 4.69) is 4.98 Å². The Morgan fingerprint density at radius 2 is 2.12 bits per heavy atom. The lowest BCUT2D eigenvalue weighted by molar-refractivity contribution is -0.758. The van der Waals surface area contributed by atoms with Crippen LogP contribution in [0.1, 0.15) is 13.8 Å². The number of thioether (sulfide) groups is 1. The van der Waals surface area contributed by atoms with Crippen LogP contribution in [0.25, 0.3) is 0 Å². The number of aliphatic hydroxyl groups is 1. The number of aliphatic hydroxyl groups excluding tert-OH is 1. The van der Waals surface area contributed by atoms with Crippen LogP contribution in [0.15, 0.2) is 47.5 Å². The molecule has 1 saturated heterocycles. The Kier molecular flexibility index (Phi) is 5.20. The monoisotopic (exact) mass is 472 g/mol. The number of esters is 1. The van der Waals surface area contributed by atoms with Gasteiger partial charge in [0.2, 0.25) is 12.2 Å². The number of ether oxygens (including phenoxy) is 1. The molecule has 0 bridgehead atoms. The number of hydrogen-bond acceptors (Lipinski definition) is 8. The van der Waals surface area contributed by atoms with Crippen LogP contribution in [-0.2, 0) is 22.7 Å². The van der Waals surface area contributed by atoms with E-state index in [-0.39, 0.29) is 40.3 Å². The normalized spacial score (nSPS) is 26.6. The zero-order chi connectivity index (χ0) is 23.4. The van der Waals surface area contributed by atoms with Crippen LogP contribution in [0.5, 0.6) is 5.75 Å². The number of aromatic nitrogens is 3. The van der Waals surface area contributed by atoms with Gasteiger partial charge in [-0.3, -0.25) is 14.9 Å². The van der Waals surface area contributed by atoms with Gasteiger partial charge in [-0.2, -0.15) is 9.36 Å². The van der Waals surface area contributed by atoms with Gasteiger partial charge in [0.1, 0.15) is 18.0 Å². The number of rotatable bonds is 6. The molecule has 4 heterocycles. The SMILES string of the molecule is C[C@@H](O)[C@H]1C(=O)N2C(C(=O)Oc3ccc([N+](=O)[O-])cc3)=C(SC3Cn4cnc[n+]4C3)[C@H](C)[C@H]12. The Morgan fingerprint density at radius 1 is 1.39 bits per heavy atom. The fourth-order valence-electron chi connectivity index (χ4n) is 4.81. The second-order valence-corrected chi connectivity index (χ2v) is 9.81. The smallest absolute Gasteiger partial charge is 0.361 e. The third-order valence-electron chi connectivity index (χ3n) is 6.36. The van der Waals surface area contributed by atoms with Gasteiger partial charge in [0.25, 0.3) is 5.69 Å². The number of amides is 1. The molecular weight excluding hydrogens is 450 g/mol. The van der Waals surface area contributed by atoms with Crippen molar-refractivity contribution >= 4 is 29.3 Å². The van der Waals surface area contributed by atoms with Crippen molar-refractivity contribution in [3.8, 4) is 5.75 Å². The number of hydrogen-bond donors (Lipinski definition) is 1. The van der Waals surface area contributed by atoms with Crippen LogP contribution >= 0.6 is 11.8 Å². The van der Waals surface area contributed by atoms with E-state index < -0.39 is 22.9 Å². The van der Waals surface area contributed by atoms with E-state index in [1.807, 2.05) is 16.3 Å². The van der Waals surface area contributed by atoms with Crippen molar-refractivity contribution in [1.82, 2.24) is 14.6 Å². The largest absolute Gasteiger partial charge is 0.422 e. The van der Waals surface area contributed by atoms with Gasteiger partial charge < -0.3 is 14.7 Å². The molecule has 0 radical (unpaired) electrons. The second-order valence-electron chi connectivity index (χ2n) is 8.47. The zero-order valence-corrected chi connectivity index (χ0v) is 18.7. The number of carbonyl (C=O) groups excluding carboxylic acids is 2. The molecule has 33 heavy (non-hydrogen) atoms. The molecule has 0 aliphatic carbocycles. The Morgan fingerprint density at radius 3 is 2.76 bits per heavy atom. The molecule has 3 aliphatic heterocycles. The Bertz CT molecular complexity index is 1160. The highest BCUT2D eigenvalue weighted by atomic mass is 32.2. The number of nitro benzene ring substituents is 1. The number of benzene rings is 1. The third-order valence-corrected chi connectivity index (χ3v) is 7.82. The molecule has 4 atom stereocenters. The highest BCUT2D eigenvalue weighted by molar-refractivity contribution is 8.03. The molecule has 172 valence electrons. The first kappa shape index (κ1) is 21.6. The summed E-state index contributed by atoms with van der Waals surface area (Å²) in [5.41, 5.74) is 0.0760. The van der Waals surface area contributed by atoms with E-state index in [1.165, 1.54) is 29.2 Å². The average molecular weight is 473 g/mol. The topological polar surface area (TPSA) is 132 Å². The van der Waals surface area contributed by atoms with Crippen molar-refractivity contribution in [3.05, 3.63) is 57.6 Å². The Balaban J connectivity index is 1.43. The van der Waals surface area contributed by atoms with Gasteiger partial charge in [-0.05, 0) is 24.0 Å². The van der Waals surface area contributed by atoms with Gasteiger partial charge in [0, 0.05) is 23.0 Å². The van der Waals surface area contributed by atoms with Crippen molar-refractivity contribution in [2.24, 2.45) is 11.8 Å². The van der Waals surface area contributed by atoms with Gasteiger partial charge in [0.15, 0.2) is 0 Å². The summed E-state index contributed by atoms with van der Waals surface area (Å²) >= 11 is 1.55. The standard InChI is InChI=1S/C21H22N5O6S/c1-11-17-16(12(2)27)20(28)25(17)18(19(11)33-15-7-23-9-22-10-24(23)8-15)21(29)32-14-5-3-13(4-6-14)26(30)31/h3-6,9-12,15-17,27H,7-8H2,1-2H3/q+1/t11-,12-,16-,17-/m1/s1. The molecule has 2 aromatic rings. The summed E-state index contributed by atoms with van der Waals surface area (Å²) in [4.78, 5) is 42.8. The minimum Gasteiger partial charge on any atom is -0.422 e. The molecule has 1 amide bonds. The molecule has 0 unspecified atom stereocenters. The predicted molar refractivity (Wildman–Crippen MR) is 115 cm³/mol. The number of non-ortho nitro benzene ring substituents is 1. The molecule has 0 spiro atoms. The second kappa shape index (κ2) is 7.96. The van der Waals surface area contributed by atoms with Gasteiger partial charge in [0.05, 0.1) is 34.8 Å². The lowest BCUT2D eigenvalue weighted by Crippen LogP contribution is -2.63. The Labute approximate surface area is 192 Å². The maximum Gasteiger partial charge on any atom is 0.361 e. The first-order valence-electron chi connectivity index (χ1n) is 10.5. The van der Waals surface area contributed by atoms with Crippen LogP contribution in [0, 0.1) is 22.0 Å². The van der Waals surface area contributed by atoms with Crippen LogP contribution in [0.4, 0.5) is 5.69 Å². The first-order chi connectivity index (χ1) is 15.8. The summed E-state index contributed by atoms with van der Waals surface area (Å²) in [6, 6.07) is 4.90. The molecule has 1 aromatic carbocycles. The third kappa shape index (κ3) is 3.49. The first-order valence-corrected chi connectivity index (χ1v) is 11.4. The van der Waals surface area contributed by atoms with Crippen molar-refractivity contribution in [3.63, 3.8) is 0 Å². The molecular formula is C21H22N5O6S+. The van der Waals surface area contributed by atoms with E-state index in [0.29, 0.717) is 13.1 Å².